The van der Waals surface area contributed by atoms with Gasteiger partial charge in [0.15, 0.2) is 0 Å². The van der Waals surface area contributed by atoms with Crippen molar-refractivity contribution in [2.24, 2.45) is 5.73 Å². The fraction of sp³-hybridized carbons (Fsp3) is 0.778. The summed E-state index contributed by atoms with van der Waals surface area (Å²) in [6.45, 7) is 7.13. The van der Waals surface area contributed by atoms with Gasteiger partial charge >= 0.3 is 0 Å². The predicted octanol–water partition coefficient (Wildman–Crippen LogP) is 1.41. The van der Waals surface area contributed by atoms with Crippen LogP contribution in [-0.4, -0.2) is 14.8 Å². The highest BCUT2D eigenvalue weighted by Gasteiger charge is 2.13. The number of nitrogens with two attached hydrogens (primary N) is 1. The van der Waals surface area contributed by atoms with E-state index in [9.17, 15) is 0 Å². The molecule has 0 amide bonds. The summed E-state index contributed by atoms with van der Waals surface area (Å²) in [5.41, 5.74) is 5.92. The summed E-state index contributed by atoms with van der Waals surface area (Å²) in [7, 11) is 0. The molecule has 4 nitrogen and oxygen atoms in total. The van der Waals surface area contributed by atoms with Crippen molar-refractivity contribution in [3.05, 3.63) is 11.6 Å². The molecule has 4 heteroatoms. The monoisotopic (exact) mass is 182 g/mol. The van der Waals surface area contributed by atoms with Crippen molar-refractivity contribution >= 4 is 0 Å². The smallest absolute Gasteiger partial charge is 0.149 e. The summed E-state index contributed by atoms with van der Waals surface area (Å²) in [5.74, 6) is 1.88. The highest BCUT2D eigenvalue weighted by Crippen LogP contribution is 2.12. The van der Waals surface area contributed by atoms with Crippen molar-refractivity contribution in [2.45, 2.75) is 46.2 Å². The quantitative estimate of drug-likeness (QED) is 0.766. The second kappa shape index (κ2) is 4.37. The van der Waals surface area contributed by atoms with E-state index < -0.39 is 0 Å². The van der Waals surface area contributed by atoms with Crippen LogP contribution in [0.15, 0.2) is 0 Å². The number of rotatable bonds is 4. The molecule has 0 saturated heterocycles. The lowest BCUT2D eigenvalue weighted by Gasteiger charge is -2.11. The Bertz CT molecular complexity index is 267. The summed E-state index contributed by atoms with van der Waals surface area (Å²) in [5, 5.41) is 8.13. The number of hydrogen-bond donors (Lipinski definition) is 1. The summed E-state index contributed by atoms with van der Waals surface area (Å²) in [6.07, 6.45) is 1.99. The molecule has 0 unspecified atom stereocenters. The molecule has 1 rings (SSSR count). The molecule has 0 radical (unpaired) electrons. The maximum absolute atomic E-state index is 5.92. The SMILES string of the molecule is CCCn1c(C)nnc1[C@@H](N)CC. The molecular formula is C9H18N4. The summed E-state index contributed by atoms with van der Waals surface area (Å²) in [4.78, 5) is 0. The van der Waals surface area contributed by atoms with Crippen molar-refractivity contribution in [2.75, 3.05) is 0 Å². The normalized spacial score (nSPS) is 13.2. The Morgan fingerprint density at radius 3 is 2.62 bits per heavy atom. The van der Waals surface area contributed by atoms with Gasteiger partial charge in [-0.2, -0.15) is 0 Å². The summed E-state index contributed by atoms with van der Waals surface area (Å²) < 4.78 is 2.11. The Morgan fingerprint density at radius 2 is 2.08 bits per heavy atom. The van der Waals surface area contributed by atoms with Crippen molar-refractivity contribution in [3.63, 3.8) is 0 Å². The van der Waals surface area contributed by atoms with Gasteiger partial charge in [0.05, 0.1) is 6.04 Å². The summed E-state index contributed by atoms with van der Waals surface area (Å²) >= 11 is 0. The zero-order valence-electron chi connectivity index (χ0n) is 8.62. The highest BCUT2D eigenvalue weighted by atomic mass is 15.3. The molecule has 0 aliphatic carbocycles. The molecular weight excluding hydrogens is 164 g/mol. The lowest BCUT2D eigenvalue weighted by molar-refractivity contribution is 0.558. The first kappa shape index (κ1) is 10.2. The second-order valence-corrected chi connectivity index (χ2v) is 3.27. The van der Waals surface area contributed by atoms with E-state index in [0.717, 1.165) is 31.0 Å². The second-order valence-electron chi connectivity index (χ2n) is 3.27. The van der Waals surface area contributed by atoms with E-state index in [4.69, 9.17) is 5.73 Å². The van der Waals surface area contributed by atoms with Crippen LogP contribution in [0.2, 0.25) is 0 Å². The Labute approximate surface area is 79.2 Å². The lowest BCUT2D eigenvalue weighted by atomic mass is 10.2. The number of nitrogens with zero attached hydrogens (tertiary/aromatic N) is 3. The third kappa shape index (κ3) is 2.06. The fourth-order valence-corrected chi connectivity index (χ4v) is 1.35. The fourth-order valence-electron chi connectivity index (χ4n) is 1.35. The van der Waals surface area contributed by atoms with Crippen LogP contribution in [0.1, 0.15) is 44.4 Å². The van der Waals surface area contributed by atoms with Gasteiger partial charge in [0.2, 0.25) is 0 Å². The number of aryl methyl sites for hydroxylation is 1. The first-order valence-electron chi connectivity index (χ1n) is 4.86. The molecule has 0 aromatic carbocycles. The summed E-state index contributed by atoms with van der Waals surface area (Å²) in [6, 6.07) is 0.0211. The van der Waals surface area contributed by atoms with Crippen LogP contribution in [0.5, 0.6) is 0 Å². The van der Waals surface area contributed by atoms with E-state index in [1.807, 2.05) is 6.92 Å². The molecule has 74 valence electrons. The Morgan fingerprint density at radius 1 is 1.38 bits per heavy atom. The minimum absolute atomic E-state index is 0.0211. The maximum Gasteiger partial charge on any atom is 0.149 e. The molecule has 0 fully saturated rings. The van der Waals surface area contributed by atoms with Crippen LogP contribution >= 0.6 is 0 Å². The first-order valence-corrected chi connectivity index (χ1v) is 4.86. The third-order valence-electron chi connectivity index (χ3n) is 2.18. The Kier molecular flexibility index (Phi) is 3.42. The van der Waals surface area contributed by atoms with Gasteiger partial charge in [-0.15, -0.1) is 10.2 Å². The van der Waals surface area contributed by atoms with E-state index in [2.05, 4.69) is 28.6 Å². The van der Waals surface area contributed by atoms with Gasteiger partial charge in [-0.25, -0.2) is 0 Å². The molecule has 0 aliphatic rings. The van der Waals surface area contributed by atoms with E-state index in [1.54, 1.807) is 0 Å². The molecule has 1 atom stereocenters. The van der Waals surface area contributed by atoms with Gasteiger partial charge in [0, 0.05) is 6.54 Å². The van der Waals surface area contributed by atoms with E-state index in [0.29, 0.717) is 0 Å². The lowest BCUT2D eigenvalue weighted by Crippen LogP contribution is -2.16. The number of aromatic nitrogens is 3. The molecule has 0 bridgehead atoms. The van der Waals surface area contributed by atoms with E-state index >= 15 is 0 Å². The van der Waals surface area contributed by atoms with Crippen molar-refractivity contribution in [3.8, 4) is 0 Å². The highest BCUT2D eigenvalue weighted by molar-refractivity contribution is 4.98. The van der Waals surface area contributed by atoms with Gasteiger partial charge in [0.25, 0.3) is 0 Å². The molecule has 1 aromatic heterocycles. The number of hydrogen-bond acceptors (Lipinski definition) is 3. The average Bonchev–Trinajstić information content (AvgIpc) is 2.48. The zero-order chi connectivity index (χ0) is 9.84. The zero-order valence-corrected chi connectivity index (χ0v) is 8.62. The molecule has 0 spiro atoms. The van der Waals surface area contributed by atoms with Crippen LogP contribution in [0, 0.1) is 6.92 Å². The van der Waals surface area contributed by atoms with Crippen LogP contribution in [0.3, 0.4) is 0 Å². The third-order valence-corrected chi connectivity index (χ3v) is 2.18. The molecule has 0 aliphatic heterocycles. The van der Waals surface area contributed by atoms with Crippen LogP contribution in [0.25, 0.3) is 0 Å². The molecule has 1 aromatic rings. The average molecular weight is 182 g/mol. The van der Waals surface area contributed by atoms with E-state index in [1.165, 1.54) is 0 Å². The van der Waals surface area contributed by atoms with E-state index in [-0.39, 0.29) is 6.04 Å². The van der Waals surface area contributed by atoms with Gasteiger partial charge in [-0.05, 0) is 19.8 Å². The first-order chi connectivity index (χ1) is 6.20. The standard InChI is InChI=1S/C9H18N4/c1-4-6-13-7(3)11-12-9(13)8(10)5-2/h8H,4-6,10H2,1-3H3/t8-/m0/s1. The maximum atomic E-state index is 5.92. The van der Waals surface area contributed by atoms with Crippen molar-refractivity contribution < 1.29 is 0 Å². The molecule has 13 heavy (non-hydrogen) atoms. The van der Waals surface area contributed by atoms with Crippen LogP contribution in [-0.2, 0) is 6.54 Å². The van der Waals surface area contributed by atoms with Gasteiger partial charge < -0.3 is 10.3 Å². The minimum Gasteiger partial charge on any atom is -0.321 e. The van der Waals surface area contributed by atoms with Gasteiger partial charge in [0.1, 0.15) is 11.6 Å². The van der Waals surface area contributed by atoms with Crippen molar-refractivity contribution in [1.82, 2.24) is 14.8 Å². The van der Waals surface area contributed by atoms with Gasteiger partial charge in [-0.3, -0.25) is 0 Å². The molecule has 2 N–H and O–H groups in total. The Balaban J connectivity index is 2.92. The topological polar surface area (TPSA) is 56.7 Å². The molecule has 1 heterocycles. The van der Waals surface area contributed by atoms with Crippen LogP contribution in [0.4, 0.5) is 0 Å². The molecule has 0 saturated carbocycles. The largest absolute Gasteiger partial charge is 0.321 e. The predicted molar refractivity (Wildman–Crippen MR) is 52.3 cm³/mol. The minimum atomic E-state index is 0.0211. The van der Waals surface area contributed by atoms with Gasteiger partial charge in [-0.1, -0.05) is 13.8 Å². The van der Waals surface area contributed by atoms with Crippen LogP contribution < -0.4 is 5.73 Å². The Hall–Kier alpha value is -0.900. The van der Waals surface area contributed by atoms with Crippen molar-refractivity contribution in [1.29, 1.82) is 0 Å².